The van der Waals surface area contributed by atoms with Crippen LogP contribution in [0.25, 0.3) is 0 Å². The molecular formula is C5H12CaO3S. The van der Waals surface area contributed by atoms with E-state index in [2.05, 4.69) is 12.6 Å². The van der Waals surface area contributed by atoms with Crippen molar-refractivity contribution in [3.8, 4) is 0 Å². The fourth-order valence-electron chi connectivity index (χ4n) is 0.214. The van der Waals surface area contributed by atoms with Crippen LogP contribution < -0.4 is 0 Å². The van der Waals surface area contributed by atoms with Gasteiger partial charge in [0.25, 0.3) is 0 Å². The Hall–Kier alpha value is 1.04. The van der Waals surface area contributed by atoms with E-state index in [9.17, 15) is 4.79 Å². The minimum Gasteiger partial charge on any atom is -0.870 e. The van der Waals surface area contributed by atoms with Gasteiger partial charge in [0.1, 0.15) is 0 Å². The van der Waals surface area contributed by atoms with Crippen LogP contribution in [0.1, 0.15) is 19.8 Å². The standard InChI is InChI=1S/C4H8O2.CH4S.Ca.H2O/c1-2-3-4(5)6;1-2;;/h2-3H2,1H3,(H,5,6);2H,1H3;;1H2/q;;+2;/p-2. The Labute approximate surface area is 96.9 Å². The molecule has 0 aromatic rings. The van der Waals surface area contributed by atoms with E-state index < -0.39 is 5.97 Å². The molecule has 0 unspecified atom stereocenters. The molecule has 0 saturated heterocycles. The molecule has 0 radical (unpaired) electrons. The molecule has 2 N–H and O–H groups in total. The van der Waals surface area contributed by atoms with Crippen molar-refractivity contribution in [1.82, 2.24) is 0 Å². The van der Waals surface area contributed by atoms with E-state index in [-0.39, 0.29) is 43.2 Å². The van der Waals surface area contributed by atoms with Crippen LogP contribution in [0.5, 0.6) is 0 Å². The average Bonchev–Trinajstić information content (AvgIpc) is 1.72. The van der Waals surface area contributed by atoms with Crippen LogP contribution in [0, 0.1) is 0 Å². The number of hydrogen-bond donors (Lipinski definition) is 1. The summed E-state index contributed by atoms with van der Waals surface area (Å²) in [5.74, 6) is -0.711. The fraction of sp³-hybridized carbons (Fsp3) is 0.800. The van der Waals surface area contributed by atoms with Gasteiger partial charge in [-0.25, -0.2) is 0 Å². The number of aliphatic carboxylic acids is 1. The van der Waals surface area contributed by atoms with E-state index in [4.69, 9.17) is 5.11 Å². The van der Waals surface area contributed by atoms with Crippen molar-refractivity contribution in [3.63, 3.8) is 0 Å². The first-order valence-corrected chi connectivity index (χ1v) is 3.21. The average molecular weight is 192 g/mol. The van der Waals surface area contributed by atoms with Gasteiger partial charge >= 0.3 is 43.7 Å². The summed E-state index contributed by atoms with van der Waals surface area (Å²) in [6.07, 6.45) is 2.61. The first-order valence-electron chi connectivity index (χ1n) is 2.40. The predicted molar refractivity (Wildman–Crippen MR) is 43.5 cm³/mol. The van der Waals surface area contributed by atoms with E-state index >= 15 is 0 Å². The van der Waals surface area contributed by atoms with Crippen LogP contribution >= 0.6 is 0 Å². The molecule has 0 saturated carbocycles. The summed E-state index contributed by atoms with van der Waals surface area (Å²) >= 11 is 4.08. The van der Waals surface area contributed by atoms with Gasteiger partial charge in [-0.2, -0.15) is 6.26 Å². The van der Waals surface area contributed by atoms with Crippen LogP contribution in [0.2, 0.25) is 0 Å². The van der Waals surface area contributed by atoms with Gasteiger partial charge in [0.2, 0.25) is 0 Å². The van der Waals surface area contributed by atoms with Crippen LogP contribution in [-0.2, 0) is 17.4 Å². The Kier molecular flexibility index (Phi) is 50.5. The summed E-state index contributed by atoms with van der Waals surface area (Å²) in [6.45, 7) is 1.84. The molecular weight excluding hydrogens is 180 g/mol. The molecule has 0 heterocycles. The monoisotopic (exact) mass is 192 g/mol. The van der Waals surface area contributed by atoms with Crippen molar-refractivity contribution in [1.29, 1.82) is 0 Å². The summed E-state index contributed by atoms with van der Waals surface area (Å²) in [5, 5.41) is 7.91. The fourth-order valence-corrected chi connectivity index (χ4v) is 0.214. The van der Waals surface area contributed by atoms with Crippen molar-refractivity contribution in [2.45, 2.75) is 19.8 Å². The van der Waals surface area contributed by atoms with Crippen molar-refractivity contribution >= 4 is 56.3 Å². The van der Waals surface area contributed by atoms with Crippen LogP contribution in [0.4, 0.5) is 0 Å². The van der Waals surface area contributed by atoms with E-state index in [1.165, 1.54) is 0 Å². The molecule has 0 atom stereocenters. The van der Waals surface area contributed by atoms with Gasteiger partial charge in [-0.1, -0.05) is 6.92 Å². The van der Waals surface area contributed by atoms with Gasteiger partial charge in [-0.3, -0.25) is 4.79 Å². The molecule has 3 nitrogen and oxygen atoms in total. The maximum Gasteiger partial charge on any atom is 2.00 e. The summed E-state index contributed by atoms with van der Waals surface area (Å²) in [6, 6.07) is 0. The third kappa shape index (κ3) is 35.8. The molecule has 5 heteroatoms. The first-order chi connectivity index (χ1) is 3.77. The third-order valence-electron chi connectivity index (χ3n) is 0.464. The maximum absolute atomic E-state index is 9.60. The Balaban J connectivity index is -0.0000000412. The van der Waals surface area contributed by atoms with Crippen LogP contribution in [0.15, 0.2) is 0 Å². The first kappa shape index (κ1) is 22.5. The molecule has 0 aromatic carbocycles. The van der Waals surface area contributed by atoms with Gasteiger partial charge in [-0.05, 0) is 6.42 Å². The summed E-state index contributed by atoms with van der Waals surface area (Å²) in [5.41, 5.74) is 0. The maximum atomic E-state index is 9.60. The second-order valence-electron chi connectivity index (χ2n) is 1.14. The Bertz CT molecular complexity index is 60.9. The molecule has 0 bridgehead atoms. The topological polar surface area (TPSA) is 67.3 Å². The third-order valence-corrected chi connectivity index (χ3v) is 0.464. The molecule has 0 fully saturated rings. The van der Waals surface area contributed by atoms with Crippen molar-refractivity contribution in [2.75, 3.05) is 6.26 Å². The quantitative estimate of drug-likeness (QED) is 0.510. The number of hydrogen-bond acceptors (Lipinski definition) is 3. The van der Waals surface area contributed by atoms with Crippen LogP contribution in [-0.4, -0.2) is 60.5 Å². The molecule has 0 spiro atoms. The van der Waals surface area contributed by atoms with Gasteiger partial charge in [0.05, 0.1) is 0 Å². The van der Waals surface area contributed by atoms with Gasteiger partial charge < -0.3 is 23.2 Å². The Morgan fingerprint density at radius 1 is 1.50 bits per heavy atom. The minimum atomic E-state index is -0.711. The minimum absolute atomic E-state index is 0. The van der Waals surface area contributed by atoms with Crippen molar-refractivity contribution in [2.24, 2.45) is 0 Å². The zero-order valence-corrected chi connectivity index (χ0v) is 9.36. The predicted octanol–water partition coefficient (Wildman–Crippen LogP) is 0.477. The summed E-state index contributed by atoms with van der Waals surface area (Å²) in [4.78, 5) is 9.60. The summed E-state index contributed by atoms with van der Waals surface area (Å²) in [7, 11) is 0. The van der Waals surface area contributed by atoms with E-state index in [0.717, 1.165) is 6.42 Å². The van der Waals surface area contributed by atoms with Crippen molar-refractivity contribution in [3.05, 3.63) is 0 Å². The molecule has 0 aliphatic carbocycles. The molecule has 58 valence electrons. The summed E-state index contributed by atoms with van der Waals surface area (Å²) < 4.78 is 0. The van der Waals surface area contributed by atoms with Gasteiger partial charge in [0, 0.05) is 6.42 Å². The molecule has 10 heavy (non-hydrogen) atoms. The van der Waals surface area contributed by atoms with Crippen LogP contribution in [0.3, 0.4) is 0 Å². The number of carboxylic acids is 1. The van der Waals surface area contributed by atoms with E-state index in [1.54, 1.807) is 6.26 Å². The van der Waals surface area contributed by atoms with Gasteiger partial charge in [-0.15, -0.1) is 0 Å². The molecule has 0 amide bonds. The SMILES string of the molecule is CCCC(=O)O.C[S-].[Ca+2].[OH-]. The zero-order chi connectivity index (χ0) is 6.99. The normalized spacial score (nSPS) is 5.50. The second kappa shape index (κ2) is 22.5. The largest absolute Gasteiger partial charge is 2.00 e. The van der Waals surface area contributed by atoms with E-state index in [0.29, 0.717) is 6.42 Å². The Morgan fingerprint density at radius 3 is 1.80 bits per heavy atom. The number of rotatable bonds is 2. The smallest absolute Gasteiger partial charge is 0.870 e. The number of carboxylic acid groups (broad SMARTS) is 1. The van der Waals surface area contributed by atoms with Crippen molar-refractivity contribution < 1.29 is 15.4 Å². The molecule has 0 aliphatic heterocycles. The van der Waals surface area contributed by atoms with E-state index in [1.807, 2.05) is 6.92 Å². The Morgan fingerprint density at radius 2 is 1.80 bits per heavy atom. The molecule has 0 rings (SSSR count). The van der Waals surface area contributed by atoms with Gasteiger partial charge in [0.15, 0.2) is 0 Å². The molecule has 0 aliphatic rings. The zero-order valence-electron chi connectivity index (χ0n) is 6.33. The second-order valence-corrected chi connectivity index (χ2v) is 1.14. The molecule has 0 aromatic heterocycles. The number of carbonyl (C=O) groups is 1.